The summed E-state index contributed by atoms with van der Waals surface area (Å²) in [7, 11) is 0. The predicted molar refractivity (Wildman–Crippen MR) is 125 cm³/mol. The highest BCUT2D eigenvalue weighted by Crippen LogP contribution is 2.36. The zero-order chi connectivity index (χ0) is 23.4. The number of aryl methyl sites for hydroxylation is 1. The number of hydrogen-bond donors (Lipinski definition) is 1. The first-order valence-electron chi connectivity index (χ1n) is 11.4. The first kappa shape index (κ1) is 22.6. The van der Waals surface area contributed by atoms with Gasteiger partial charge in [0, 0.05) is 37.6 Å². The molecule has 1 atom stereocenters. The van der Waals surface area contributed by atoms with E-state index in [-0.39, 0.29) is 24.4 Å². The minimum atomic E-state index is -0.958. The second-order valence-corrected chi connectivity index (χ2v) is 8.94. The van der Waals surface area contributed by atoms with E-state index < -0.39 is 5.54 Å². The molecule has 0 spiro atoms. The van der Waals surface area contributed by atoms with E-state index >= 15 is 0 Å². The van der Waals surface area contributed by atoms with Crippen molar-refractivity contribution >= 4 is 11.8 Å². The number of rotatable bonds is 7. The number of pyridine rings is 1. The SMILES string of the molecule is Cc1cn(CC(=O)N2CCCC2(Cc2ccccc2-c2ccncc2)C(=O)NC(C)C)nn1. The summed E-state index contributed by atoms with van der Waals surface area (Å²) in [6.07, 6.45) is 7.08. The zero-order valence-corrected chi connectivity index (χ0v) is 19.4. The van der Waals surface area contributed by atoms with Gasteiger partial charge in [-0.05, 0) is 62.4 Å². The van der Waals surface area contributed by atoms with E-state index in [2.05, 4.69) is 26.7 Å². The molecule has 1 aromatic carbocycles. The number of hydrogen-bond acceptors (Lipinski definition) is 5. The summed E-state index contributed by atoms with van der Waals surface area (Å²) in [5.41, 5.74) is 2.90. The van der Waals surface area contributed by atoms with Crippen molar-refractivity contribution in [1.82, 2.24) is 30.2 Å². The van der Waals surface area contributed by atoms with Crippen molar-refractivity contribution in [2.75, 3.05) is 6.54 Å². The quantitative estimate of drug-likeness (QED) is 0.602. The highest BCUT2D eigenvalue weighted by Gasteiger charge is 2.49. The maximum absolute atomic E-state index is 13.7. The molecule has 1 aliphatic heterocycles. The summed E-state index contributed by atoms with van der Waals surface area (Å²) < 4.78 is 1.53. The van der Waals surface area contributed by atoms with Gasteiger partial charge in [0.1, 0.15) is 12.1 Å². The molecule has 0 saturated carbocycles. The molecule has 172 valence electrons. The minimum absolute atomic E-state index is 0.0275. The molecule has 2 aromatic heterocycles. The van der Waals surface area contributed by atoms with E-state index in [1.165, 1.54) is 4.68 Å². The maximum atomic E-state index is 13.7. The lowest BCUT2D eigenvalue weighted by Gasteiger charge is -2.38. The molecule has 33 heavy (non-hydrogen) atoms. The molecule has 3 aromatic rings. The Morgan fingerprint density at radius 1 is 1.15 bits per heavy atom. The largest absolute Gasteiger partial charge is 0.352 e. The summed E-state index contributed by atoms with van der Waals surface area (Å²) in [6.45, 7) is 6.31. The van der Waals surface area contributed by atoms with Crippen LogP contribution in [-0.4, -0.2) is 54.8 Å². The van der Waals surface area contributed by atoms with Crippen LogP contribution in [0, 0.1) is 6.92 Å². The van der Waals surface area contributed by atoms with Gasteiger partial charge in [0.2, 0.25) is 11.8 Å². The number of likely N-dealkylation sites (tertiary alicyclic amines) is 1. The first-order chi connectivity index (χ1) is 15.9. The maximum Gasteiger partial charge on any atom is 0.246 e. The zero-order valence-electron chi connectivity index (χ0n) is 19.4. The minimum Gasteiger partial charge on any atom is -0.352 e. The number of benzene rings is 1. The molecule has 4 rings (SSSR count). The van der Waals surface area contributed by atoms with Crippen LogP contribution in [0.2, 0.25) is 0 Å². The second kappa shape index (κ2) is 9.52. The van der Waals surface area contributed by atoms with Crippen molar-refractivity contribution in [2.45, 2.75) is 58.2 Å². The highest BCUT2D eigenvalue weighted by molar-refractivity contribution is 5.93. The van der Waals surface area contributed by atoms with E-state index in [1.807, 2.05) is 51.1 Å². The van der Waals surface area contributed by atoms with Crippen LogP contribution in [0.4, 0.5) is 0 Å². The molecule has 1 N–H and O–H groups in total. The van der Waals surface area contributed by atoms with Crippen molar-refractivity contribution in [1.29, 1.82) is 0 Å². The molecule has 1 aliphatic rings. The highest BCUT2D eigenvalue weighted by atomic mass is 16.2. The number of nitrogens with one attached hydrogen (secondary N) is 1. The van der Waals surface area contributed by atoms with Crippen molar-refractivity contribution in [2.24, 2.45) is 0 Å². The van der Waals surface area contributed by atoms with Gasteiger partial charge >= 0.3 is 0 Å². The van der Waals surface area contributed by atoms with Gasteiger partial charge in [-0.3, -0.25) is 14.6 Å². The molecule has 8 nitrogen and oxygen atoms in total. The van der Waals surface area contributed by atoms with Gasteiger partial charge in [0.15, 0.2) is 0 Å². The summed E-state index contributed by atoms with van der Waals surface area (Å²) >= 11 is 0. The van der Waals surface area contributed by atoms with Crippen LogP contribution >= 0.6 is 0 Å². The molecule has 1 fully saturated rings. The third-order valence-electron chi connectivity index (χ3n) is 6.07. The second-order valence-electron chi connectivity index (χ2n) is 8.94. The topological polar surface area (TPSA) is 93.0 Å². The van der Waals surface area contributed by atoms with Crippen molar-refractivity contribution in [3.8, 4) is 11.1 Å². The summed E-state index contributed by atoms with van der Waals surface area (Å²) in [4.78, 5) is 33.0. The van der Waals surface area contributed by atoms with Crippen molar-refractivity contribution in [3.63, 3.8) is 0 Å². The average molecular weight is 447 g/mol. The number of carbonyl (C=O) groups is 2. The van der Waals surface area contributed by atoms with Crippen LogP contribution in [0.1, 0.15) is 37.9 Å². The predicted octanol–water partition coefficient (Wildman–Crippen LogP) is 2.78. The van der Waals surface area contributed by atoms with Crippen LogP contribution in [0.5, 0.6) is 0 Å². The van der Waals surface area contributed by atoms with Crippen molar-refractivity contribution < 1.29 is 9.59 Å². The Kier molecular flexibility index (Phi) is 6.53. The third-order valence-corrected chi connectivity index (χ3v) is 6.07. The number of amides is 2. The Hall–Kier alpha value is -3.55. The number of carbonyl (C=O) groups excluding carboxylic acids is 2. The van der Waals surface area contributed by atoms with Gasteiger partial charge in [-0.2, -0.15) is 0 Å². The lowest BCUT2D eigenvalue weighted by Crippen LogP contribution is -2.60. The van der Waals surface area contributed by atoms with E-state index in [4.69, 9.17) is 0 Å². The molecule has 0 aliphatic carbocycles. The fraction of sp³-hybridized carbons (Fsp3) is 0.400. The Bertz CT molecular complexity index is 1130. The van der Waals surface area contributed by atoms with Gasteiger partial charge in [-0.15, -0.1) is 5.10 Å². The molecule has 2 amide bonds. The molecular formula is C25H30N6O2. The third kappa shape index (κ3) is 4.79. The Morgan fingerprint density at radius 3 is 2.61 bits per heavy atom. The van der Waals surface area contributed by atoms with Gasteiger partial charge in [-0.1, -0.05) is 29.5 Å². The lowest BCUT2D eigenvalue weighted by atomic mass is 9.84. The Labute approximate surface area is 194 Å². The fourth-order valence-electron chi connectivity index (χ4n) is 4.64. The summed E-state index contributed by atoms with van der Waals surface area (Å²) in [5.74, 6) is -0.236. The molecule has 0 bridgehead atoms. The lowest BCUT2D eigenvalue weighted by molar-refractivity contribution is -0.146. The van der Waals surface area contributed by atoms with Gasteiger partial charge in [0.05, 0.1) is 5.69 Å². The Balaban J connectivity index is 1.71. The molecule has 3 heterocycles. The molecular weight excluding hydrogens is 416 g/mol. The van der Waals surface area contributed by atoms with Crippen LogP contribution < -0.4 is 5.32 Å². The normalized spacial score (nSPS) is 18.0. The van der Waals surface area contributed by atoms with Crippen LogP contribution in [-0.2, 0) is 22.6 Å². The van der Waals surface area contributed by atoms with Gasteiger partial charge in [-0.25, -0.2) is 4.68 Å². The first-order valence-corrected chi connectivity index (χ1v) is 11.4. The fourth-order valence-corrected chi connectivity index (χ4v) is 4.64. The molecule has 1 saturated heterocycles. The number of aromatic nitrogens is 4. The summed E-state index contributed by atoms with van der Waals surface area (Å²) in [6, 6.07) is 12.0. The Morgan fingerprint density at radius 2 is 1.91 bits per heavy atom. The smallest absolute Gasteiger partial charge is 0.246 e. The van der Waals surface area contributed by atoms with Gasteiger partial charge < -0.3 is 10.2 Å². The van der Waals surface area contributed by atoms with E-state index in [9.17, 15) is 9.59 Å². The molecule has 0 radical (unpaired) electrons. The van der Waals surface area contributed by atoms with E-state index in [0.717, 1.165) is 28.8 Å². The van der Waals surface area contributed by atoms with Crippen LogP contribution in [0.3, 0.4) is 0 Å². The van der Waals surface area contributed by atoms with Crippen LogP contribution in [0.15, 0.2) is 55.0 Å². The van der Waals surface area contributed by atoms with E-state index in [0.29, 0.717) is 19.4 Å². The van der Waals surface area contributed by atoms with Crippen molar-refractivity contribution in [3.05, 3.63) is 66.2 Å². The van der Waals surface area contributed by atoms with Gasteiger partial charge in [0.25, 0.3) is 0 Å². The van der Waals surface area contributed by atoms with E-state index in [1.54, 1.807) is 23.5 Å². The van der Waals surface area contributed by atoms with Crippen LogP contribution in [0.25, 0.3) is 11.1 Å². The molecule has 1 unspecified atom stereocenters. The average Bonchev–Trinajstić information content (AvgIpc) is 3.41. The molecule has 8 heteroatoms. The summed E-state index contributed by atoms with van der Waals surface area (Å²) in [5, 5.41) is 11.1. The monoisotopic (exact) mass is 446 g/mol. The number of nitrogens with zero attached hydrogens (tertiary/aromatic N) is 5. The standard InChI is InChI=1S/C25H30N6O2/c1-18(2)27-24(33)25(11-6-14-31(25)23(32)17-30-16-19(3)28-29-30)15-21-7-4-5-8-22(21)20-9-12-26-13-10-20/h4-5,7-10,12-13,16,18H,6,11,14-15,17H2,1-3H3,(H,27,33).